The lowest BCUT2D eigenvalue weighted by Gasteiger charge is -2.09. The maximum absolute atomic E-state index is 11.2. The van der Waals surface area contributed by atoms with Gasteiger partial charge in [0.2, 0.25) is 0 Å². The summed E-state index contributed by atoms with van der Waals surface area (Å²) in [7, 11) is 0. The van der Waals surface area contributed by atoms with Crippen LogP contribution in [0.1, 0.15) is 71.6 Å². The Morgan fingerprint density at radius 2 is 1.50 bits per heavy atom. The standard InChI is InChI=1S/C14H29NO2.ClH/c1-3-5-6-7-8-9-10-11-12-13(15)14(16)17-4-2;/h13H,3-12,15H2,1-2H3;1H. The second kappa shape index (κ2) is 14.8. The highest BCUT2D eigenvalue weighted by Crippen LogP contribution is 2.10. The van der Waals surface area contributed by atoms with E-state index in [9.17, 15) is 4.79 Å². The van der Waals surface area contributed by atoms with E-state index in [0.717, 1.165) is 12.8 Å². The average Bonchev–Trinajstić information content (AvgIpc) is 2.32. The minimum absolute atomic E-state index is 0. The molecule has 0 rings (SSSR count). The van der Waals surface area contributed by atoms with Gasteiger partial charge in [-0.25, -0.2) is 0 Å². The fourth-order valence-electron chi connectivity index (χ4n) is 1.87. The molecule has 0 radical (unpaired) electrons. The van der Waals surface area contributed by atoms with Crippen molar-refractivity contribution in [3.05, 3.63) is 0 Å². The molecule has 1 unspecified atom stereocenters. The van der Waals surface area contributed by atoms with Gasteiger partial charge in [-0.3, -0.25) is 4.79 Å². The molecule has 0 aromatic carbocycles. The molecule has 1 atom stereocenters. The average molecular weight is 280 g/mol. The summed E-state index contributed by atoms with van der Waals surface area (Å²) in [6, 6.07) is -0.421. The summed E-state index contributed by atoms with van der Waals surface area (Å²) in [6.07, 6.45) is 10.9. The molecule has 0 fully saturated rings. The van der Waals surface area contributed by atoms with E-state index in [4.69, 9.17) is 10.5 Å². The Morgan fingerprint density at radius 1 is 1.00 bits per heavy atom. The first kappa shape index (κ1) is 20.0. The van der Waals surface area contributed by atoms with Gasteiger partial charge in [0.05, 0.1) is 6.61 Å². The summed E-state index contributed by atoms with van der Waals surface area (Å²) < 4.78 is 4.86. The van der Waals surface area contributed by atoms with Gasteiger partial charge < -0.3 is 10.5 Å². The summed E-state index contributed by atoms with van der Waals surface area (Å²) >= 11 is 0. The summed E-state index contributed by atoms with van der Waals surface area (Å²) in [6.45, 7) is 4.46. The molecule has 0 aliphatic carbocycles. The predicted octanol–water partition coefficient (Wildman–Crippen LogP) is 3.83. The SMILES string of the molecule is CCCCCCCCCCC(N)C(=O)OCC.Cl. The molecule has 0 aliphatic rings. The number of carbonyl (C=O) groups is 1. The highest BCUT2D eigenvalue weighted by molar-refractivity contribution is 5.85. The molecule has 2 N–H and O–H groups in total. The Morgan fingerprint density at radius 3 is 2.00 bits per heavy atom. The number of nitrogens with two attached hydrogens (primary N) is 1. The molecule has 0 spiro atoms. The molecule has 0 aromatic rings. The van der Waals surface area contributed by atoms with Crippen LogP contribution in [0.4, 0.5) is 0 Å². The second-order valence-electron chi connectivity index (χ2n) is 4.62. The van der Waals surface area contributed by atoms with E-state index < -0.39 is 6.04 Å². The van der Waals surface area contributed by atoms with Crippen LogP contribution < -0.4 is 5.73 Å². The van der Waals surface area contributed by atoms with Gasteiger partial charge in [-0.05, 0) is 13.3 Å². The van der Waals surface area contributed by atoms with Crippen molar-refractivity contribution in [2.45, 2.75) is 77.7 Å². The van der Waals surface area contributed by atoms with Crippen LogP contribution in [0.25, 0.3) is 0 Å². The molecule has 0 bridgehead atoms. The van der Waals surface area contributed by atoms with Crippen LogP contribution in [-0.2, 0) is 9.53 Å². The lowest BCUT2D eigenvalue weighted by molar-refractivity contribution is -0.144. The molecule has 0 aliphatic heterocycles. The predicted molar refractivity (Wildman–Crippen MR) is 79.1 cm³/mol. The number of rotatable bonds is 11. The largest absolute Gasteiger partial charge is 0.465 e. The van der Waals surface area contributed by atoms with Gasteiger partial charge in [-0.15, -0.1) is 12.4 Å². The maximum Gasteiger partial charge on any atom is 0.322 e. The molecule has 18 heavy (non-hydrogen) atoms. The van der Waals surface area contributed by atoms with Gasteiger partial charge in [0.1, 0.15) is 6.04 Å². The van der Waals surface area contributed by atoms with Gasteiger partial charge >= 0.3 is 5.97 Å². The number of ether oxygens (including phenoxy) is 1. The van der Waals surface area contributed by atoms with Gasteiger partial charge in [0, 0.05) is 0 Å². The van der Waals surface area contributed by atoms with Gasteiger partial charge in [0.25, 0.3) is 0 Å². The van der Waals surface area contributed by atoms with E-state index in [1.807, 2.05) is 0 Å². The molecule has 110 valence electrons. The number of esters is 1. The summed E-state index contributed by atoms with van der Waals surface area (Å²) in [5, 5.41) is 0. The quantitative estimate of drug-likeness (QED) is 0.462. The minimum Gasteiger partial charge on any atom is -0.465 e. The van der Waals surface area contributed by atoms with Crippen LogP contribution in [0, 0.1) is 0 Å². The van der Waals surface area contributed by atoms with Crippen molar-refractivity contribution in [3.63, 3.8) is 0 Å². The second-order valence-corrected chi connectivity index (χ2v) is 4.62. The number of hydrogen-bond donors (Lipinski definition) is 1. The van der Waals surface area contributed by atoms with E-state index in [-0.39, 0.29) is 18.4 Å². The topological polar surface area (TPSA) is 52.3 Å². The Hall–Kier alpha value is -0.280. The zero-order chi connectivity index (χ0) is 12.9. The van der Waals surface area contributed by atoms with Crippen molar-refractivity contribution in [1.29, 1.82) is 0 Å². The van der Waals surface area contributed by atoms with E-state index in [0.29, 0.717) is 6.61 Å². The first-order valence-corrected chi connectivity index (χ1v) is 7.14. The van der Waals surface area contributed by atoms with Gasteiger partial charge in [0.15, 0.2) is 0 Å². The third-order valence-corrected chi connectivity index (χ3v) is 2.96. The lowest BCUT2D eigenvalue weighted by atomic mass is 10.1. The zero-order valence-corrected chi connectivity index (χ0v) is 12.8. The Balaban J connectivity index is 0. The molecule has 0 heterocycles. The highest BCUT2D eigenvalue weighted by atomic mass is 35.5. The molecular formula is C14H30ClNO2. The van der Waals surface area contributed by atoms with Crippen LogP contribution >= 0.6 is 12.4 Å². The Labute approximate surface area is 118 Å². The third kappa shape index (κ3) is 12.2. The Bertz CT molecular complexity index is 189. The zero-order valence-electron chi connectivity index (χ0n) is 12.0. The Kier molecular flexibility index (Phi) is 16.5. The van der Waals surface area contributed by atoms with E-state index in [1.54, 1.807) is 6.92 Å². The van der Waals surface area contributed by atoms with Crippen molar-refractivity contribution in [2.75, 3.05) is 6.61 Å². The number of hydrogen-bond acceptors (Lipinski definition) is 3. The number of carbonyl (C=O) groups excluding carboxylic acids is 1. The molecule has 0 amide bonds. The summed E-state index contributed by atoms with van der Waals surface area (Å²) in [4.78, 5) is 11.2. The highest BCUT2D eigenvalue weighted by Gasteiger charge is 2.13. The number of unbranched alkanes of at least 4 members (excludes halogenated alkanes) is 7. The first-order valence-electron chi connectivity index (χ1n) is 7.14. The molecule has 0 saturated carbocycles. The van der Waals surface area contributed by atoms with Crippen molar-refractivity contribution < 1.29 is 9.53 Å². The fraction of sp³-hybridized carbons (Fsp3) is 0.929. The minimum atomic E-state index is -0.421. The van der Waals surface area contributed by atoms with Crippen LogP contribution in [0.15, 0.2) is 0 Å². The fourth-order valence-corrected chi connectivity index (χ4v) is 1.87. The summed E-state index contributed by atoms with van der Waals surface area (Å²) in [5.74, 6) is -0.254. The first-order chi connectivity index (χ1) is 8.22. The molecular weight excluding hydrogens is 250 g/mol. The molecule has 4 heteroatoms. The molecule has 0 aromatic heterocycles. The van der Waals surface area contributed by atoms with Crippen LogP contribution in [0.2, 0.25) is 0 Å². The summed E-state index contributed by atoms with van der Waals surface area (Å²) in [5.41, 5.74) is 5.71. The van der Waals surface area contributed by atoms with Crippen LogP contribution in [0.3, 0.4) is 0 Å². The van der Waals surface area contributed by atoms with Gasteiger partial charge in [-0.1, -0.05) is 58.3 Å². The molecule has 0 saturated heterocycles. The van der Waals surface area contributed by atoms with Crippen molar-refractivity contribution >= 4 is 18.4 Å². The van der Waals surface area contributed by atoms with Crippen molar-refractivity contribution in [1.82, 2.24) is 0 Å². The van der Waals surface area contributed by atoms with Gasteiger partial charge in [-0.2, -0.15) is 0 Å². The normalized spacial score (nSPS) is 11.7. The van der Waals surface area contributed by atoms with Crippen molar-refractivity contribution in [2.24, 2.45) is 5.73 Å². The van der Waals surface area contributed by atoms with E-state index in [2.05, 4.69) is 6.92 Å². The smallest absolute Gasteiger partial charge is 0.322 e. The maximum atomic E-state index is 11.2. The number of halogens is 1. The van der Waals surface area contributed by atoms with Crippen LogP contribution in [-0.4, -0.2) is 18.6 Å². The third-order valence-electron chi connectivity index (χ3n) is 2.96. The molecule has 3 nitrogen and oxygen atoms in total. The lowest BCUT2D eigenvalue weighted by Crippen LogP contribution is -2.32. The van der Waals surface area contributed by atoms with Crippen LogP contribution in [0.5, 0.6) is 0 Å². The monoisotopic (exact) mass is 279 g/mol. The van der Waals surface area contributed by atoms with E-state index in [1.165, 1.54) is 44.9 Å². The van der Waals surface area contributed by atoms with Crippen molar-refractivity contribution in [3.8, 4) is 0 Å². The van der Waals surface area contributed by atoms with E-state index >= 15 is 0 Å².